The molecular weight excluding hydrogens is 607 g/mol. The summed E-state index contributed by atoms with van der Waals surface area (Å²) in [7, 11) is 3.23. The van der Waals surface area contributed by atoms with Gasteiger partial charge in [-0.05, 0) is 55.0 Å². The van der Waals surface area contributed by atoms with Gasteiger partial charge < -0.3 is 19.7 Å². The molecule has 2 fully saturated rings. The summed E-state index contributed by atoms with van der Waals surface area (Å²) in [5, 5.41) is 20.1. The van der Waals surface area contributed by atoms with Crippen molar-refractivity contribution >= 4 is 11.6 Å². The van der Waals surface area contributed by atoms with E-state index in [0.717, 1.165) is 47.9 Å². The zero-order valence-corrected chi connectivity index (χ0v) is 26.6. The van der Waals surface area contributed by atoms with Crippen molar-refractivity contribution in [1.82, 2.24) is 19.8 Å². The lowest BCUT2D eigenvalue weighted by atomic mass is 9.96. The van der Waals surface area contributed by atoms with Gasteiger partial charge in [0.25, 0.3) is 0 Å². The topological polar surface area (TPSA) is 91.2 Å². The molecule has 0 saturated carbocycles. The quantitative estimate of drug-likeness (QED) is 0.269. The zero-order valence-electron chi connectivity index (χ0n) is 25.8. The minimum absolute atomic E-state index is 0.147. The molecule has 2 aliphatic heterocycles. The number of halogens is 2. The molecule has 0 radical (unpaired) electrons. The van der Waals surface area contributed by atoms with Crippen LogP contribution in [0.5, 0.6) is 11.8 Å². The molecule has 0 spiro atoms. The number of aromatic nitrogens is 2. The van der Waals surface area contributed by atoms with Crippen molar-refractivity contribution in [3.8, 4) is 45.4 Å². The van der Waals surface area contributed by atoms with E-state index in [2.05, 4.69) is 15.9 Å². The van der Waals surface area contributed by atoms with Crippen LogP contribution in [0.3, 0.4) is 0 Å². The number of rotatable bonds is 7. The fraction of sp³-hybridized carbons (Fsp3) is 0.389. The van der Waals surface area contributed by atoms with Crippen molar-refractivity contribution in [1.29, 1.82) is 0 Å². The van der Waals surface area contributed by atoms with E-state index >= 15 is 4.39 Å². The predicted octanol–water partition coefficient (Wildman–Crippen LogP) is 5.61. The molecule has 2 aliphatic carbocycles. The van der Waals surface area contributed by atoms with Gasteiger partial charge in [0.15, 0.2) is 0 Å². The lowest BCUT2D eigenvalue weighted by Gasteiger charge is -2.40. The van der Waals surface area contributed by atoms with Gasteiger partial charge in [-0.25, -0.2) is 14.4 Å². The summed E-state index contributed by atoms with van der Waals surface area (Å²) >= 11 is 7.08. The molecule has 4 heterocycles. The average Bonchev–Trinajstić information content (AvgIpc) is 3.65. The number of aliphatic hydroxyl groups excluding tert-OH is 2. The minimum atomic E-state index is -0.407. The maximum Gasteiger partial charge on any atom is 0.218 e. The first-order valence-corrected chi connectivity index (χ1v) is 16.3. The number of hydrogen-bond donors (Lipinski definition) is 2. The number of benzene rings is 2. The number of ether oxygens (including phenoxy) is 2. The number of fused-ring (bicyclic) bond motifs is 2. The second kappa shape index (κ2) is 11.6. The van der Waals surface area contributed by atoms with Gasteiger partial charge in [0.1, 0.15) is 5.82 Å². The van der Waals surface area contributed by atoms with Gasteiger partial charge in [-0.2, -0.15) is 0 Å². The van der Waals surface area contributed by atoms with E-state index in [1.807, 2.05) is 30.3 Å². The predicted molar refractivity (Wildman–Crippen MR) is 174 cm³/mol. The third-order valence-electron chi connectivity index (χ3n) is 10.1. The van der Waals surface area contributed by atoms with Crippen LogP contribution in [-0.4, -0.2) is 82.6 Å². The van der Waals surface area contributed by atoms with Gasteiger partial charge in [0.05, 0.1) is 42.8 Å². The van der Waals surface area contributed by atoms with Crippen LogP contribution in [0.25, 0.3) is 33.6 Å². The largest absolute Gasteiger partial charge is 0.481 e. The van der Waals surface area contributed by atoms with Crippen LogP contribution in [0, 0.1) is 5.82 Å². The summed E-state index contributed by atoms with van der Waals surface area (Å²) in [4.78, 5) is 14.2. The summed E-state index contributed by atoms with van der Waals surface area (Å²) in [6.45, 7) is 2.60. The molecule has 8 nitrogen and oxygen atoms in total. The highest BCUT2D eigenvalue weighted by molar-refractivity contribution is 6.36. The number of nitrogens with zero attached hydrogens (tertiary/aromatic N) is 4. The van der Waals surface area contributed by atoms with E-state index in [1.165, 1.54) is 0 Å². The number of pyridine rings is 2. The molecule has 4 aliphatic rings. The minimum Gasteiger partial charge on any atom is -0.481 e. The Morgan fingerprint density at radius 2 is 1.17 bits per heavy atom. The normalized spacial score (nSPS) is 21.5. The molecular formula is C36H36ClFN4O4. The highest BCUT2D eigenvalue weighted by atomic mass is 35.5. The van der Waals surface area contributed by atoms with E-state index in [-0.39, 0.29) is 24.3 Å². The van der Waals surface area contributed by atoms with E-state index in [4.69, 9.17) is 31.0 Å². The first-order chi connectivity index (χ1) is 22.3. The molecule has 4 aromatic rings. The summed E-state index contributed by atoms with van der Waals surface area (Å²) in [6.07, 6.45) is 3.01. The van der Waals surface area contributed by atoms with Gasteiger partial charge in [-0.3, -0.25) is 9.80 Å². The molecule has 2 saturated heterocycles. The lowest BCUT2D eigenvalue weighted by Crippen LogP contribution is -2.51. The molecule has 0 bridgehead atoms. The van der Waals surface area contributed by atoms with Crippen LogP contribution in [0.2, 0.25) is 5.02 Å². The lowest BCUT2D eigenvalue weighted by molar-refractivity contribution is -0.0257. The maximum atomic E-state index is 16.5. The van der Waals surface area contributed by atoms with Gasteiger partial charge >= 0.3 is 0 Å². The Morgan fingerprint density at radius 3 is 1.67 bits per heavy atom. The molecule has 10 heteroatoms. The van der Waals surface area contributed by atoms with E-state index < -0.39 is 5.82 Å². The summed E-state index contributed by atoms with van der Waals surface area (Å²) in [6, 6.07) is 15.3. The molecule has 0 unspecified atom stereocenters. The summed E-state index contributed by atoms with van der Waals surface area (Å²) in [5.74, 6) is 0.663. The fourth-order valence-corrected chi connectivity index (χ4v) is 8.17. The van der Waals surface area contributed by atoms with Crippen molar-refractivity contribution in [3.05, 3.63) is 81.6 Å². The standard InChI is InChI=1S/C36H36ClFN4O4/c1-45-35-31-19(9-11-29(31)41-15-21(43)16-41)13-27(39-35)25-7-3-5-23(33(25)37)24-6-4-8-26(34(24)38)28-14-20-10-12-30(42-17-22(44)18-42)32(20)36(40-28)46-2/h3-8,13-14,21-22,29-30,43-44H,9-12,15-18H2,1-2H3/t29-,30-/m0/s1. The van der Waals surface area contributed by atoms with Crippen molar-refractivity contribution in [2.45, 2.75) is 50.0 Å². The average molecular weight is 643 g/mol. The third-order valence-corrected chi connectivity index (χ3v) is 10.6. The Hall–Kier alpha value is -3.60. The molecule has 2 N–H and O–H groups in total. The van der Waals surface area contributed by atoms with Crippen LogP contribution in [0.15, 0.2) is 48.5 Å². The molecule has 46 heavy (non-hydrogen) atoms. The SMILES string of the molecule is COc1nc(-c2cccc(-c3cccc(-c4cc5c(c(OC)n4)[C@@H](N4CC(O)C4)CC5)c3Cl)c2F)cc2c1[C@@H](N1CC(O)C1)CC2. The highest BCUT2D eigenvalue weighted by Gasteiger charge is 2.39. The van der Waals surface area contributed by atoms with Crippen LogP contribution in [0.1, 0.15) is 47.2 Å². The first kappa shape index (κ1) is 29.8. The van der Waals surface area contributed by atoms with E-state index in [0.29, 0.717) is 76.6 Å². The Kier molecular flexibility index (Phi) is 7.49. The Morgan fingerprint density at radius 1 is 0.717 bits per heavy atom. The second-order valence-corrected chi connectivity index (χ2v) is 13.2. The highest BCUT2D eigenvalue weighted by Crippen LogP contribution is 2.47. The summed E-state index contributed by atoms with van der Waals surface area (Å²) < 4.78 is 28.0. The van der Waals surface area contributed by atoms with Gasteiger partial charge in [0, 0.05) is 71.6 Å². The first-order valence-electron chi connectivity index (χ1n) is 15.9. The van der Waals surface area contributed by atoms with Crippen LogP contribution in [-0.2, 0) is 12.8 Å². The number of likely N-dealkylation sites (tertiary alicyclic amines) is 2. The van der Waals surface area contributed by atoms with Crippen molar-refractivity contribution in [2.24, 2.45) is 0 Å². The van der Waals surface area contributed by atoms with E-state index in [9.17, 15) is 10.2 Å². The monoisotopic (exact) mass is 642 g/mol. The van der Waals surface area contributed by atoms with Crippen LogP contribution >= 0.6 is 11.6 Å². The van der Waals surface area contributed by atoms with Gasteiger partial charge in [0.2, 0.25) is 11.8 Å². The zero-order chi connectivity index (χ0) is 31.7. The number of methoxy groups -OCH3 is 2. The number of β-amino-alcohol motifs (C(OH)–C–C–N with tert-alkyl or cyclic N) is 2. The van der Waals surface area contributed by atoms with Gasteiger partial charge in [-0.15, -0.1) is 0 Å². The molecule has 238 valence electrons. The molecule has 8 rings (SSSR count). The van der Waals surface area contributed by atoms with Crippen molar-refractivity contribution in [3.63, 3.8) is 0 Å². The van der Waals surface area contributed by atoms with Crippen molar-refractivity contribution in [2.75, 3.05) is 40.4 Å². The van der Waals surface area contributed by atoms with Gasteiger partial charge in [-0.1, -0.05) is 41.9 Å². The number of hydrogen-bond acceptors (Lipinski definition) is 8. The summed E-state index contributed by atoms with van der Waals surface area (Å²) in [5.41, 5.74) is 7.59. The molecule has 2 atom stereocenters. The van der Waals surface area contributed by atoms with Crippen LogP contribution in [0.4, 0.5) is 4.39 Å². The third kappa shape index (κ3) is 4.79. The molecule has 0 amide bonds. The number of aryl methyl sites for hydroxylation is 2. The smallest absolute Gasteiger partial charge is 0.218 e. The second-order valence-electron chi connectivity index (χ2n) is 12.8. The number of aliphatic hydroxyl groups is 2. The Labute approximate surface area is 272 Å². The van der Waals surface area contributed by atoms with Crippen LogP contribution < -0.4 is 9.47 Å². The Bertz CT molecular complexity index is 1710. The molecule has 2 aromatic carbocycles. The fourth-order valence-electron chi connectivity index (χ4n) is 7.84. The Balaban J connectivity index is 1.15. The van der Waals surface area contributed by atoms with E-state index in [1.54, 1.807) is 26.4 Å². The maximum absolute atomic E-state index is 16.5. The molecule has 2 aromatic heterocycles. The van der Waals surface area contributed by atoms with Crippen molar-refractivity contribution < 1.29 is 24.1 Å².